The van der Waals surface area contributed by atoms with Crippen LogP contribution in [0.5, 0.6) is 0 Å². The smallest absolute Gasteiger partial charge is 0.226 e. The number of nitrogens with one attached hydrogen (secondary N) is 1. The number of hydrogen-bond acceptors (Lipinski definition) is 5. The molecule has 0 aliphatic heterocycles. The molecule has 1 amide bonds. The van der Waals surface area contributed by atoms with Gasteiger partial charge < -0.3 is 9.84 Å². The number of hydrogen-bond donors (Lipinski definition) is 1. The zero-order valence-corrected chi connectivity index (χ0v) is 12.3. The number of fused-ring (bicyclic) bond motifs is 1. The highest BCUT2D eigenvalue weighted by Gasteiger charge is 2.08. The molecule has 108 valence electrons. The first-order chi connectivity index (χ1) is 10.2. The van der Waals surface area contributed by atoms with Gasteiger partial charge in [-0.05, 0) is 19.1 Å². The van der Waals surface area contributed by atoms with E-state index in [1.54, 1.807) is 24.8 Å². The molecule has 0 aliphatic carbocycles. The van der Waals surface area contributed by atoms with Crippen LogP contribution in [0.4, 0.5) is 5.82 Å². The van der Waals surface area contributed by atoms with Crippen LogP contribution in [-0.4, -0.2) is 26.2 Å². The van der Waals surface area contributed by atoms with Crippen molar-refractivity contribution in [2.24, 2.45) is 0 Å². The molecule has 1 N–H and O–H groups in total. The monoisotopic (exact) mass is 302 g/mol. The average Bonchev–Trinajstić information content (AvgIpc) is 3.06. The van der Waals surface area contributed by atoms with E-state index < -0.39 is 0 Å². The van der Waals surface area contributed by atoms with Crippen molar-refractivity contribution in [1.82, 2.24) is 14.5 Å². The zero-order valence-electron chi connectivity index (χ0n) is 11.4. The Kier molecular flexibility index (Phi) is 3.92. The predicted molar refractivity (Wildman–Crippen MR) is 80.4 cm³/mol. The van der Waals surface area contributed by atoms with Crippen molar-refractivity contribution in [3.05, 3.63) is 42.4 Å². The standard InChI is InChI=1S/C14H14N4O2S/c1-10-8-12(17-20-10)16-13(19)5-7-21-14-15-9-11-4-2-3-6-18(11)14/h2-4,6,8-9H,5,7H2,1H3,(H,16,17,19). The number of pyridine rings is 1. The van der Waals surface area contributed by atoms with E-state index in [-0.39, 0.29) is 5.91 Å². The Morgan fingerprint density at radius 3 is 3.19 bits per heavy atom. The molecule has 0 unspecified atom stereocenters. The summed E-state index contributed by atoms with van der Waals surface area (Å²) in [6, 6.07) is 7.61. The fourth-order valence-electron chi connectivity index (χ4n) is 1.89. The van der Waals surface area contributed by atoms with Crippen molar-refractivity contribution < 1.29 is 9.32 Å². The third-order valence-electron chi connectivity index (χ3n) is 2.86. The van der Waals surface area contributed by atoms with Gasteiger partial charge in [0.05, 0.1) is 11.7 Å². The minimum atomic E-state index is -0.0864. The average molecular weight is 302 g/mol. The molecule has 7 heteroatoms. The summed E-state index contributed by atoms with van der Waals surface area (Å²) in [7, 11) is 0. The molecule has 0 aromatic carbocycles. The number of imidazole rings is 1. The molecule has 0 fully saturated rings. The van der Waals surface area contributed by atoms with Gasteiger partial charge in [-0.1, -0.05) is 23.0 Å². The molecular formula is C14H14N4O2S. The molecular weight excluding hydrogens is 288 g/mol. The number of anilines is 1. The second kappa shape index (κ2) is 6.01. The van der Waals surface area contributed by atoms with Crippen molar-refractivity contribution in [2.45, 2.75) is 18.5 Å². The van der Waals surface area contributed by atoms with E-state index in [4.69, 9.17) is 4.52 Å². The predicted octanol–water partition coefficient (Wildman–Crippen LogP) is 2.75. The molecule has 0 spiro atoms. The van der Waals surface area contributed by atoms with Gasteiger partial charge in [0.2, 0.25) is 5.91 Å². The number of thioether (sulfide) groups is 1. The van der Waals surface area contributed by atoms with Crippen molar-refractivity contribution in [1.29, 1.82) is 0 Å². The maximum Gasteiger partial charge on any atom is 0.226 e. The minimum absolute atomic E-state index is 0.0864. The van der Waals surface area contributed by atoms with Crippen molar-refractivity contribution >= 4 is 29.0 Å². The van der Waals surface area contributed by atoms with Crippen LogP contribution in [0.15, 0.2) is 46.3 Å². The maximum absolute atomic E-state index is 11.8. The molecule has 0 saturated carbocycles. The summed E-state index contributed by atoms with van der Waals surface area (Å²) in [5.74, 6) is 1.69. The number of nitrogens with zero attached hydrogens (tertiary/aromatic N) is 3. The number of rotatable bonds is 5. The fraction of sp³-hybridized carbons (Fsp3) is 0.214. The number of aromatic nitrogens is 3. The highest BCUT2D eigenvalue weighted by atomic mass is 32.2. The molecule has 0 atom stereocenters. The quantitative estimate of drug-likeness (QED) is 0.734. The summed E-state index contributed by atoms with van der Waals surface area (Å²) in [4.78, 5) is 16.1. The molecule has 0 bridgehead atoms. The van der Waals surface area contributed by atoms with Crippen LogP contribution in [-0.2, 0) is 4.79 Å². The lowest BCUT2D eigenvalue weighted by Crippen LogP contribution is -2.12. The van der Waals surface area contributed by atoms with E-state index in [1.807, 2.05) is 35.0 Å². The van der Waals surface area contributed by atoms with Crippen LogP contribution in [0.2, 0.25) is 0 Å². The first-order valence-electron chi connectivity index (χ1n) is 6.50. The highest BCUT2D eigenvalue weighted by Crippen LogP contribution is 2.19. The lowest BCUT2D eigenvalue weighted by Gasteiger charge is -2.02. The summed E-state index contributed by atoms with van der Waals surface area (Å²) < 4.78 is 6.90. The molecule has 0 aliphatic rings. The maximum atomic E-state index is 11.8. The molecule has 3 heterocycles. The van der Waals surface area contributed by atoms with Crippen LogP contribution in [0, 0.1) is 6.92 Å². The van der Waals surface area contributed by atoms with E-state index in [0.717, 1.165) is 10.7 Å². The summed E-state index contributed by atoms with van der Waals surface area (Å²) in [5.41, 5.74) is 1.04. The number of carbonyl (C=O) groups is 1. The SMILES string of the molecule is Cc1cc(NC(=O)CCSc2ncc3ccccn23)no1. The van der Waals surface area contributed by atoms with Gasteiger partial charge >= 0.3 is 0 Å². The Labute approximate surface area is 125 Å². The zero-order chi connectivity index (χ0) is 14.7. The second-order valence-corrected chi connectivity index (χ2v) is 5.57. The summed E-state index contributed by atoms with van der Waals surface area (Å²) >= 11 is 1.55. The van der Waals surface area contributed by atoms with Crippen LogP contribution in [0.3, 0.4) is 0 Å². The van der Waals surface area contributed by atoms with Gasteiger partial charge in [-0.15, -0.1) is 0 Å². The van der Waals surface area contributed by atoms with E-state index in [1.165, 1.54) is 0 Å². The third kappa shape index (κ3) is 3.25. The summed E-state index contributed by atoms with van der Waals surface area (Å²) in [6.45, 7) is 1.78. The van der Waals surface area contributed by atoms with Crippen molar-refractivity contribution in [3.8, 4) is 0 Å². The van der Waals surface area contributed by atoms with Gasteiger partial charge in [0.25, 0.3) is 0 Å². The largest absolute Gasteiger partial charge is 0.360 e. The van der Waals surface area contributed by atoms with Gasteiger partial charge in [-0.25, -0.2) is 4.98 Å². The molecule has 0 saturated heterocycles. The van der Waals surface area contributed by atoms with E-state index >= 15 is 0 Å². The molecule has 21 heavy (non-hydrogen) atoms. The van der Waals surface area contributed by atoms with Crippen molar-refractivity contribution in [3.63, 3.8) is 0 Å². The Morgan fingerprint density at radius 2 is 2.38 bits per heavy atom. The Morgan fingerprint density at radius 1 is 1.48 bits per heavy atom. The highest BCUT2D eigenvalue weighted by molar-refractivity contribution is 7.99. The number of aryl methyl sites for hydroxylation is 1. The van der Waals surface area contributed by atoms with Gasteiger partial charge in [0.1, 0.15) is 5.76 Å². The molecule has 3 aromatic heterocycles. The van der Waals surface area contributed by atoms with Crippen molar-refractivity contribution in [2.75, 3.05) is 11.1 Å². The van der Waals surface area contributed by atoms with Crippen LogP contribution >= 0.6 is 11.8 Å². The van der Waals surface area contributed by atoms with E-state index in [0.29, 0.717) is 23.8 Å². The van der Waals surface area contributed by atoms with Crippen LogP contribution < -0.4 is 5.32 Å². The lowest BCUT2D eigenvalue weighted by atomic mass is 10.4. The molecule has 3 rings (SSSR count). The Hall–Kier alpha value is -2.28. The second-order valence-electron chi connectivity index (χ2n) is 4.51. The van der Waals surface area contributed by atoms with Crippen LogP contribution in [0.25, 0.3) is 5.52 Å². The van der Waals surface area contributed by atoms with Gasteiger partial charge in [-0.3, -0.25) is 9.20 Å². The number of carbonyl (C=O) groups excluding carboxylic acids is 1. The summed E-state index contributed by atoms with van der Waals surface area (Å²) in [5, 5.41) is 7.31. The number of amides is 1. The topological polar surface area (TPSA) is 72.4 Å². The normalized spacial score (nSPS) is 10.9. The Bertz CT molecular complexity index is 765. The summed E-state index contributed by atoms with van der Waals surface area (Å²) in [6.07, 6.45) is 4.17. The molecule has 6 nitrogen and oxygen atoms in total. The van der Waals surface area contributed by atoms with E-state index in [2.05, 4.69) is 15.5 Å². The van der Waals surface area contributed by atoms with Gasteiger partial charge in [0, 0.05) is 24.4 Å². The van der Waals surface area contributed by atoms with Gasteiger partial charge in [0.15, 0.2) is 11.0 Å². The minimum Gasteiger partial charge on any atom is -0.360 e. The van der Waals surface area contributed by atoms with Gasteiger partial charge in [-0.2, -0.15) is 0 Å². The lowest BCUT2D eigenvalue weighted by molar-refractivity contribution is -0.115. The Balaban J connectivity index is 1.53. The fourth-order valence-corrected chi connectivity index (χ4v) is 2.79. The molecule has 0 radical (unpaired) electrons. The van der Waals surface area contributed by atoms with E-state index in [9.17, 15) is 4.79 Å². The first-order valence-corrected chi connectivity index (χ1v) is 7.49. The first kappa shape index (κ1) is 13.7. The third-order valence-corrected chi connectivity index (χ3v) is 3.83. The van der Waals surface area contributed by atoms with Crippen LogP contribution in [0.1, 0.15) is 12.2 Å². The molecule has 3 aromatic rings.